The number of rotatable bonds is 6. The van der Waals surface area contributed by atoms with E-state index < -0.39 is 10.0 Å². The van der Waals surface area contributed by atoms with Crippen molar-refractivity contribution in [2.24, 2.45) is 5.41 Å². The van der Waals surface area contributed by atoms with Gasteiger partial charge in [0.05, 0.1) is 6.54 Å². The Labute approximate surface area is 133 Å². The molecule has 0 atom stereocenters. The lowest BCUT2D eigenvalue weighted by atomic mass is 9.83. The van der Waals surface area contributed by atoms with Crippen molar-refractivity contribution in [1.82, 2.24) is 10.0 Å². The van der Waals surface area contributed by atoms with Crippen molar-refractivity contribution in [2.75, 3.05) is 26.8 Å². The van der Waals surface area contributed by atoms with Gasteiger partial charge in [0.1, 0.15) is 10.7 Å². The molecule has 0 bridgehead atoms. The molecule has 0 saturated carbocycles. The second-order valence-corrected chi connectivity index (χ2v) is 8.08. The molecular weight excluding hydrogens is 360 g/mol. The maximum atomic E-state index is 12.4. The van der Waals surface area contributed by atoms with Gasteiger partial charge in [-0.2, -0.15) is 0 Å². The molecule has 0 amide bonds. The summed E-state index contributed by atoms with van der Waals surface area (Å²) in [6, 6.07) is 1.54. The van der Waals surface area contributed by atoms with Gasteiger partial charge in [-0.1, -0.05) is 6.92 Å². The van der Waals surface area contributed by atoms with Crippen LogP contribution in [0.5, 0.6) is 0 Å². The average molecular weight is 381 g/mol. The zero-order valence-electron chi connectivity index (χ0n) is 12.2. The van der Waals surface area contributed by atoms with Crippen molar-refractivity contribution in [1.29, 1.82) is 0 Å². The third-order valence-corrected chi connectivity index (χ3v) is 5.99. The van der Waals surface area contributed by atoms with E-state index in [1.54, 1.807) is 7.05 Å². The Hall–Kier alpha value is -0.410. The van der Waals surface area contributed by atoms with E-state index in [0.717, 1.165) is 12.8 Å². The summed E-state index contributed by atoms with van der Waals surface area (Å²) < 4.78 is 38.4. The van der Waals surface area contributed by atoms with Crippen molar-refractivity contribution in [3.8, 4) is 0 Å². The fraction of sp³-hybridized carbons (Fsp3) is 0.692. The van der Waals surface area contributed by atoms with Crippen LogP contribution in [0.2, 0.25) is 0 Å². The number of sulfonamides is 1. The van der Waals surface area contributed by atoms with Crippen LogP contribution < -0.4 is 10.0 Å². The number of furan rings is 1. The molecule has 0 aromatic carbocycles. The molecule has 1 aromatic heterocycles. The maximum Gasteiger partial charge on any atom is 0.244 e. The summed E-state index contributed by atoms with van der Waals surface area (Å²) in [7, 11) is -1.81. The summed E-state index contributed by atoms with van der Waals surface area (Å²) in [5, 5.41) is 2.92. The summed E-state index contributed by atoms with van der Waals surface area (Å²) >= 11 is 3.17. The summed E-state index contributed by atoms with van der Waals surface area (Å²) in [5.41, 5.74) is -0.0602. The Morgan fingerprint density at radius 1 is 1.38 bits per heavy atom. The van der Waals surface area contributed by atoms with E-state index >= 15 is 0 Å². The van der Waals surface area contributed by atoms with Gasteiger partial charge in [0.15, 0.2) is 4.67 Å². The third kappa shape index (κ3) is 4.29. The van der Waals surface area contributed by atoms with E-state index in [1.165, 1.54) is 6.07 Å². The number of hydrogen-bond donors (Lipinski definition) is 2. The normalized spacial score (nSPS) is 18.8. The first-order valence-corrected chi connectivity index (χ1v) is 9.14. The molecule has 2 rings (SSSR count). The summed E-state index contributed by atoms with van der Waals surface area (Å²) in [4.78, 5) is 0.142. The van der Waals surface area contributed by atoms with E-state index in [-0.39, 0.29) is 15.0 Å². The first-order valence-electron chi connectivity index (χ1n) is 6.86. The van der Waals surface area contributed by atoms with Crippen LogP contribution in [-0.4, -0.2) is 35.2 Å². The molecule has 2 N–H and O–H groups in total. The van der Waals surface area contributed by atoms with E-state index in [9.17, 15) is 8.42 Å². The molecule has 8 heteroatoms. The molecule has 1 saturated heterocycles. The van der Waals surface area contributed by atoms with Crippen LogP contribution >= 0.6 is 15.9 Å². The van der Waals surface area contributed by atoms with Crippen LogP contribution in [0.1, 0.15) is 25.5 Å². The summed E-state index contributed by atoms with van der Waals surface area (Å²) in [6.45, 7) is 4.32. The van der Waals surface area contributed by atoms with E-state index in [1.807, 2.05) is 0 Å². The molecule has 6 nitrogen and oxygen atoms in total. The summed E-state index contributed by atoms with van der Waals surface area (Å²) in [6.07, 6.45) is 1.71. The molecular formula is C13H21BrN2O4S. The monoisotopic (exact) mass is 380 g/mol. The predicted molar refractivity (Wildman–Crippen MR) is 82.5 cm³/mol. The van der Waals surface area contributed by atoms with Gasteiger partial charge in [-0.05, 0) is 41.2 Å². The van der Waals surface area contributed by atoms with Crippen molar-refractivity contribution in [2.45, 2.75) is 31.2 Å². The van der Waals surface area contributed by atoms with Gasteiger partial charge in [-0.25, -0.2) is 13.1 Å². The zero-order chi connectivity index (χ0) is 15.5. The van der Waals surface area contributed by atoms with Crippen LogP contribution in [0, 0.1) is 5.41 Å². The molecule has 1 aliphatic heterocycles. The average Bonchev–Trinajstić information content (AvgIpc) is 2.80. The van der Waals surface area contributed by atoms with Gasteiger partial charge >= 0.3 is 0 Å². The van der Waals surface area contributed by atoms with Gasteiger partial charge in [0, 0.05) is 25.8 Å². The molecule has 1 fully saturated rings. The minimum absolute atomic E-state index is 0.0602. The van der Waals surface area contributed by atoms with Gasteiger partial charge in [-0.3, -0.25) is 0 Å². The van der Waals surface area contributed by atoms with Crippen molar-refractivity contribution < 1.29 is 17.6 Å². The molecule has 0 aliphatic carbocycles. The standard InChI is InChI=1S/C13H21BrN2O4S/c1-13(3-5-19-6-4-13)9-16-21(17,18)11-7-10(8-15-2)20-12(11)14/h7,15-16H,3-6,8-9H2,1-2H3. The van der Waals surface area contributed by atoms with Crippen molar-refractivity contribution in [3.63, 3.8) is 0 Å². The largest absolute Gasteiger partial charge is 0.452 e. The first-order chi connectivity index (χ1) is 9.86. The fourth-order valence-corrected chi connectivity index (χ4v) is 4.43. The molecule has 1 aromatic rings. The smallest absolute Gasteiger partial charge is 0.244 e. The minimum Gasteiger partial charge on any atom is -0.452 e. The second kappa shape index (κ2) is 6.78. The fourth-order valence-electron chi connectivity index (χ4n) is 2.23. The quantitative estimate of drug-likeness (QED) is 0.786. The maximum absolute atomic E-state index is 12.4. The Kier molecular flexibility index (Phi) is 5.48. The zero-order valence-corrected chi connectivity index (χ0v) is 14.6. The van der Waals surface area contributed by atoms with Gasteiger partial charge in [0.2, 0.25) is 10.0 Å². The molecule has 0 radical (unpaired) electrons. The number of nitrogens with one attached hydrogen (secondary N) is 2. The SMILES string of the molecule is CNCc1cc(S(=O)(=O)NCC2(C)CCOCC2)c(Br)o1. The highest BCUT2D eigenvalue weighted by atomic mass is 79.9. The lowest BCUT2D eigenvalue weighted by Crippen LogP contribution is -2.39. The third-order valence-electron chi connectivity index (χ3n) is 3.74. The highest BCUT2D eigenvalue weighted by Crippen LogP contribution is 2.30. The van der Waals surface area contributed by atoms with Crippen LogP contribution in [-0.2, 0) is 21.3 Å². The molecule has 0 unspecified atom stereocenters. The van der Waals surface area contributed by atoms with Gasteiger partial charge in [0.25, 0.3) is 0 Å². The van der Waals surface area contributed by atoms with Crippen LogP contribution in [0.4, 0.5) is 0 Å². The Bertz CT molecular complexity index is 579. The number of hydrogen-bond acceptors (Lipinski definition) is 5. The highest BCUT2D eigenvalue weighted by Gasteiger charge is 2.30. The highest BCUT2D eigenvalue weighted by molar-refractivity contribution is 9.10. The van der Waals surface area contributed by atoms with E-state index in [4.69, 9.17) is 9.15 Å². The van der Waals surface area contributed by atoms with E-state index in [0.29, 0.717) is 32.1 Å². The van der Waals surface area contributed by atoms with Gasteiger partial charge < -0.3 is 14.5 Å². The van der Waals surface area contributed by atoms with Crippen molar-refractivity contribution in [3.05, 3.63) is 16.5 Å². The van der Waals surface area contributed by atoms with Crippen molar-refractivity contribution >= 4 is 26.0 Å². The molecule has 1 aliphatic rings. The van der Waals surface area contributed by atoms with E-state index in [2.05, 4.69) is 32.9 Å². The predicted octanol–water partition coefficient (Wildman–Crippen LogP) is 1.86. The van der Waals surface area contributed by atoms with Crippen LogP contribution in [0.3, 0.4) is 0 Å². The van der Waals surface area contributed by atoms with Crippen LogP contribution in [0.25, 0.3) is 0 Å². The molecule has 2 heterocycles. The molecule has 120 valence electrons. The number of halogens is 1. The second-order valence-electron chi connectivity index (χ2n) is 5.63. The van der Waals surface area contributed by atoms with Gasteiger partial charge in [-0.15, -0.1) is 0 Å². The van der Waals surface area contributed by atoms with Crippen LogP contribution in [0.15, 0.2) is 20.0 Å². The lowest BCUT2D eigenvalue weighted by Gasteiger charge is -2.33. The topological polar surface area (TPSA) is 80.6 Å². The Balaban J connectivity index is 2.07. The number of ether oxygens (including phenoxy) is 1. The molecule has 21 heavy (non-hydrogen) atoms. The molecule has 0 spiro atoms. The Morgan fingerprint density at radius 3 is 2.67 bits per heavy atom. The first kappa shape index (κ1) is 17.0. The lowest BCUT2D eigenvalue weighted by molar-refractivity contribution is 0.0264. The summed E-state index contributed by atoms with van der Waals surface area (Å²) in [5.74, 6) is 0.571. The minimum atomic E-state index is -3.59. The Morgan fingerprint density at radius 2 is 2.05 bits per heavy atom.